The van der Waals surface area contributed by atoms with Gasteiger partial charge in [-0.05, 0) is 33.4 Å². The summed E-state index contributed by atoms with van der Waals surface area (Å²) in [6.45, 7) is 6.69. The Morgan fingerprint density at radius 2 is 1.43 bits per heavy atom. The van der Waals surface area contributed by atoms with Gasteiger partial charge in [-0.3, -0.25) is 0 Å². The summed E-state index contributed by atoms with van der Waals surface area (Å²) in [5.41, 5.74) is 3.80. The molecule has 0 spiro atoms. The van der Waals surface area contributed by atoms with Gasteiger partial charge in [-0.15, -0.1) is 0 Å². The normalized spacial score (nSPS) is 11.8. The van der Waals surface area contributed by atoms with Crippen molar-refractivity contribution in [3.05, 3.63) is 71.2 Å². The van der Waals surface area contributed by atoms with Crippen LogP contribution < -0.4 is 0 Å². The van der Waals surface area contributed by atoms with Crippen molar-refractivity contribution in [3.63, 3.8) is 0 Å². The van der Waals surface area contributed by atoms with Gasteiger partial charge >= 0.3 is 0 Å². The molecule has 0 N–H and O–H groups in total. The average molecular weight is 295 g/mol. The lowest BCUT2D eigenvalue weighted by molar-refractivity contribution is 0.590. The molecule has 0 aliphatic heterocycles. The number of halogens is 1. The second-order valence-electron chi connectivity index (χ2n) is 6.47. The van der Waals surface area contributed by atoms with E-state index < -0.39 is 0 Å². The van der Waals surface area contributed by atoms with Crippen molar-refractivity contribution in [1.29, 1.82) is 0 Å². The highest BCUT2D eigenvalue weighted by molar-refractivity contribution is 6.35. The Kier molecular flexibility index (Phi) is 3.51. The van der Waals surface area contributed by atoms with Crippen LogP contribution in [0.25, 0.3) is 21.9 Å². The van der Waals surface area contributed by atoms with Gasteiger partial charge in [0.15, 0.2) is 0 Å². The lowest BCUT2D eigenvalue weighted by Crippen LogP contribution is -2.10. The summed E-state index contributed by atoms with van der Waals surface area (Å²) < 4.78 is 0. The maximum atomic E-state index is 6.47. The van der Waals surface area contributed by atoms with E-state index in [0.717, 1.165) is 10.6 Å². The highest BCUT2D eigenvalue weighted by Crippen LogP contribution is 2.36. The third-order valence-corrected chi connectivity index (χ3v) is 4.23. The fourth-order valence-electron chi connectivity index (χ4n) is 2.68. The van der Waals surface area contributed by atoms with E-state index in [1.807, 2.05) is 6.07 Å². The predicted molar refractivity (Wildman–Crippen MR) is 93.1 cm³/mol. The van der Waals surface area contributed by atoms with Gasteiger partial charge in [-0.1, -0.05) is 87.0 Å². The summed E-state index contributed by atoms with van der Waals surface area (Å²) in [6, 6.07) is 21.2. The van der Waals surface area contributed by atoms with E-state index >= 15 is 0 Å². The first kappa shape index (κ1) is 14.2. The highest BCUT2D eigenvalue weighted by atomic mass is 35.5. The summed E-state index contributed by atoms with van der Waals surface area (Å²) in [6.07, 6.45) is 0. The van der Waals surface area contributed by atoms with Gasteiger partial charge in [0.2, 0.25) is 0 Å². The van der Waals surface area contributed by atoms with Crippen LogP contribution in [-0.4, -0.2) is 0 Å². The monoisotopic (exact) mass is 294 g/mol. The van der Waals surface area contributed by atoms with E-state index in [4.69, 9.17) is 11.6 Å². The first-order valence-corrected chi connectivity index (χ1v) is 7.63. The Labute approximate surface area is 131 Å². The van der Waals surface area contributed by atoms with E-state index in [2.05, 4.69) is 75.4 Å². The first-order valence-electron chi connectivity index (χ1n) is 7.25. The Morgan fingerprint density at radius 3 is 2.10 bits per heavy atom. The van der Waals surface area contributed by atoms with Gasteiger partial charge in [-0.25, -0.2) is 0 Å². The van der Waals surface area contributed by atoms with E-state index in [9.17, 15) is 0 Å². The molecule has 0 aliphatic rings. The maximum absolute atomic E-state index is 6.47. The van der Waals surface area contributed by atoms with Gasteiger partial charge in [0.1, 0.15) is 0 Å². The number of benzene rings is 3. The number of fused-ring (bicyclic) bond motifs is 1. The maximum Gasteiger partial charge on any atom is 0.0490 e. The molecule has 0 amide bonds. The Bertz CT molecular complexity index is 777. The summed E-state index contributed by atoms with van der Waals surface area (Å²) >= 11 is 6.47. The van der Waals surface area contributed by atoms with Crippen LogP contribution in [0.3, 0.4) is 0 Å². The molecule has 1 heteroatoms. The lowest BCUT2D eigenvalue weighted by Gasteiger charge is -2.19. The van der Waals surface area contributed by atoms with Gasteiger partial charge in [-0.2, -0.15) is 0 Å². The minimum atomic E-state index is 0.168. The molecule has 0 saturated heterocycles. The number of hydrogen-bond donors (Lipinski definition) is 0. The van der Waals surface area contributed by atoms with Crippen molar-refractivity contribution in [2.75, 3.05) is 0 Å². The zero-order valence-corrected chi connectivity index (χ0v) is 13.4. The van der Waals surface area contributed by atoms with Crippen LogP contribution in [0.1, 0.15) is 26.3 Å². The molecule has 0 saturated carbocycles. The largest absolute Gasteiger partial charge is 0.0836 e. The lowest BCUT2D eigenvalue weighted by atomic mass is 9.86. The second-order valence-corrected chi connectivity index (χ2v) is 6.88. The van der Waals surface area contributed by atoms with Crippen molar-refractivity contribution < 1.29 is 0 Å². The van der Waals surface area contributed by atoms with Crippen molar-refractivity contribution in [2.45, 2.75) is 26.2 Å². The fourth-order valence-corrected chi connectivity index (χ4v) is 2.95. The van der Waals surface area contributed by atoms with Crippen molar-refractivity contribution in [2.24, 2.45) is 0 Å². The second kappa shape index (κ2) is 5.20. The molecule has 3 aromatic carbocycles. The van der Waals surface area contributed by atoms with E-state index in [1.54, 1.807) is 0 Å². The SMILES string of the molecule is CC(C)(C)c1ccc(-c2c(Cl)ccc3ccccc23)cc1. The van der Waals surface area contributed by atoms with Crippen molar-refractivity contribution in [1.82, 2.24) is 0 Å². The van der Waals surface area contributed by atoms with Crippen molar-refractivity contribution >= 4 is 22.4 Å². The van der Waals surface area contributed by atoms with Crippen LogP contribution in [0.2, 0.25) is 5.02 Å². The molecule has 0 unspecified atom stereocenters. The van der Waals surface area contributed by atoms with Gasteiger partial charge in [0.25, 0.3) is 0 Å². The van der Waals surface area contributed by atoms with E-state index in [0.29, 0.717) is 0 Å². The Morgan fingerprint density at radius 1 is 0.762 bits per heavy atom. The zero-order chi connectivity index (χ0) is 15.0. The van der Waals surface area contributed by atoms with Gasteiger partial charge < -0.3 is 0 Å². The molecule has 106 valence electrons. The summed E-state index contributed by atoms with van der Waals surface area (Å²) in [5.74, 6) is 0. The minimum Gasteiger partial charge on any atom is -0.0836 e. The molecule has 0 fully saturated rings. The Balaban J connectivity index is 2.19. The standard InChI is InChI=1S/C20H19Cl/c1-20(2,3)16-11-8-15(9-12-16)19-17-7-5-4-6-14(17)10-13-18(19)21/h4-13H,1-3H3. The molecule has 0 radical (unpaired) electrons. The molecule has 0 nitrogen and oxygen atoms in total. The predicted octanol–water partition coefficient (Wildman–Crippen LogP) is 6.46. The molecule has 0 atom stereocenters. The average Bonchev–Trinajstić information content (AvgIpc) is 2.46. The molecule has 0 heterocycles. The molecule has 3 aromatic rings. The van der Waals surface area contributed by atoms with Crippen LogP contribution in [0.4, 0.5) is 0 Å². The molecule has 21 heavy (non-hydrogen) atoms. The Hall–Kier alpha value is -1.79. The number of rotatable bonds is 1. The van der Waals surface area contributed by atoms with Crippen LogP contribution in [0, 0.1) is 0 Å². The molecular weight excluding hydrogens is 276 g/mol. The summed E-state index contributed by atoms with van der Waals surface area (Å²) in [5, 5.41) is 3.22. The fraction of sp³-hybridized carbons (Fsp3) is 0.200. The van der Waals surface area contributed by atoms with Crippen LogP contribution in [0.15, 0.2) is 60.7 Å². The van der Waals surface area contributed by atoms with E-state index in [-0.39, 0.29) is 5.41 Å². The molecule has 3 rings (SSSR count). The summed E-state index contributed by atoms with van der Waals surface area (Å²) in [4.78, 5) is 0. The first-order chi connectivity index (χ1) is 9.97. The smallest absolute Gasteiger partial charge is 0.0490 e. The summed E-state index contributed by atoms with van der Waals surface area (Å²) in [7, 11) is 0. The minimum absolute atomic E-state index is 0.168. The number of hydrogen-bond acceptors (Lipinski definition) is 0. The topological polar surface area (TPSA) is 0 Å². The van der Waals surface area contributed by atoms with Crippen LogP contribution in [-0.2, 0) is 5.41 Å². The highest BCUT2D eigenvalue weighted by Gasteiger charge is 2.14. The molecular formula is C20H19Cl. The van der Waals surface area contributed by atoms with Crippen molar-refractivity contribution in [3.8, 4) is 11.1 Å². The van der Waals surface area contributed by atoms with Crippen LogP contribution in [0.5, 0.6) is 0 Å². The van der Waals surface area contributed by atoms with E-state index in [1.165, 1.54) is 21.9 Å². The van der Waals surface area contributed by atoms with Gasteiger partial charge in [0, 0.05) is 10.6 Å². The molecule has 0 aromatic heterocycles. The zero-order valence-electron chi connectivity index (χ0n) is 12.7. The van der Waals surface area contributed by atoms with Gasteiger partial charge in [0.05, 0.1) is 0 Å². The third-order valence-electron chi connectivity index (χ3n) is 3.92. The third kappa shape index (κ3) is 2.69. The van der Waals surface area contributed by atoms with Crippen LogP contribution >= 0.6 is 11.6 Å². The molecule has 0 bridgehead atoms. The molecule has 0 aliphatic carbocycles. The quantitative estimate of drug-likeness (QED) is 0.483.